The van der Waals surface area contributed by atoms with E-state index in [4.69, 9.17) is 10.2 Å². The van der Waals surface area contributed by atoms with Crippen LogP contribution in [0.5, 0.6) is 0 Å². The molecule has 0 aromatic heterocycles. The Morgan fingerprint density at radius 1 is 1.11 bits per heavy atom. The van der Waals surface area contributed by atoms with Gasteiger partial charge in [-0.25, -0.2) is 4.79 Å². The van der Waals surface area contributed by atoms with E-state index in [1.165, 1.54) is 0 Å². The van der Waals surface area contributed by atoms with Crippen LogP contribution in [0, 0.1) is 5.92 Å². The van der Waals surface area contributed by atoms with Crippen LogP contribution in [0.1, 0.15) is 39.5 Å². The van der Waals surface area contributed by atoms with E-state index in [1.807, 2.05) is 0 Å². The summed E-state index contributed by atoms with van der Waals surface area (Å²) in [6.45, 7) is 3.76. The van der Waals surface area contributed by atoms with Crippen LogP contribution in [-0.4, -0.2) is 71.1 Å². The Balaban J connectivity index is 2.58. The van der Waals surface area contributed by atoms with Crippen LogP contribution in [0.2, 0.25) is 0 Å². The molecule has 0 radical (unpaired) electrons. The number of hydrogen-bond donors (Lipinski definition) is 6. The Morgan fingerprint density at radius 2 is 1.79 bits per heavy atom. The van der Waals surface area contributed by atoms with E-state index in [1.54, 1.807) is 13.8 Å². The Hall–Kier alpha value is -2.69. The number of rotatable bonds is 11. The second-order valence-electron chi connectivity index (χ2n) is 6.99. The number of carbonyl (C=O) groups excluding carboxylic acids is 3. The second kappa shape index (κ2) is 11.2. The third-order valence-corrected chi connectivity index (χ3v) is 4.33. The lowest BCUT2D eigenvalue weighted by atomic mass is 10.0. The van der Waals surface area contributed by atoms with E-state index >= 15 is 0 Å². The van der Waals surface area contributed by atoms with Gasteiger partial charge in [0.1, 0.15) is 12.1 Å². The van der Waals surface area contributed by atoms with Crippen LogP contribution in [0.4, 0.5) is 0 Å². The van der Waals surface area contributed by atoms with Gasteiger partial charge < -0.3 is 31.5 Å². The average Bonchev–Trinajstić information content (AvgIpc) is 3.14. The van der Waals surface area contributed by atoms with Crippen molar-refractivity contribution >= 4 is 29.7 Å². The van der Waals surface area contributed by atoms with Crippen molar-refractivity contribution in [1.29, 1.82) is 0 Å². The largest absolute Gasteiger partial charge is 0.481 e. The van der Waals surface area contributed by atoms with Crippen molar-refractivity contribution in [3.63, 3.8) is 0 Å². The molecule has 0 saturated carbocycles. The summed E-state index contributed by atoms with van der Waals surface area (Å²) in [5, 5.41) is 28.0. The van der Waals surface area contributed by atoms with Gasteiger partial charge in [0.25, 0.3) is 0 Å². The minimum Gasteiger partial charge on any atom is -0.481 e. The molecule has 0 spiro atoms. The van der Waals surface area contributed by atoms with Crippen LogP contribution in [-0.2, 0) is 24.0 Å². The van der Waals surface area contributed by atoms with Crippen molar-refractivity contribution in [2.24, 2.45) is 5.92 Å². The first-order chi connectivity index (χ1) is 13.1. The molecule has 0 aromatic rings. The average molecular weight is 400 g/mol. The summed E-state index contributed by atoms with van der Waals surface area (Å²) in [7, 11) is 0. The summed E-state index contributed by atoms with van der Waals surface area (Å²) >= 11 is 0. The molecule has 1 aliphatic rings. The maximum Gasteiger partial charge on any atom is 0.326 e. The van der Waals surface area contributed by atoms with Crippen LogP contribution >= 0.6 is 0 Å². The highest BCUT2D eigenvalue weighted by molar-refractivity contribution is 5.92. The Morgan fingerprint density at radius 3 is 2.29 bits per heavy atom. The van der Waals surface area contributed by atoms with Gasteiger partial charge in [-0.3, -0.25) is 19.2 Å². The molecule has 1 rings (SSSR count). The van der Waals surface area contributed by atoms with Gasteiger partial charge in [-0.05, 0) is 31.7 Å². The Kier molecular flexibility index (Phi) is 9.36. The number of carbonyl (C=O) groups is 5. The molecule has 1 saturated heterocycles. The first-order valence-corrected chi connectivity index (χ1v) is 9.17. The molecule has 3 atom stereocenters. The van der Waals surface area contributed by atoms with Gasteiger partial charge >= 0.3 is 11.9 Å². The Bertz CT molecular complexity index is 602. The highest BCUT2D eigenvalue weighted by Gasteiger charge is 2.29. The molecule has 0 aliphatic carbocycles. The summed E-state index contributed by atoms with van der Waals surface area (Å²) < 4.78 is 0. The molecule has 0 bridgehead atoms. The van der Waals surface area contributed by atoms with E-state index < -0.39 is 42.3 Å². The Labute approximate surface area is 162 Å². The van der Waals surface area contributed by atoms with Crippen molar-refractivity contribution in [2.45, 2.75) is 57.7 Å². The fourth-order valence-electron chi connectivity index (χ4n) is 2.75. The molecule has 11 heteroatoms. The maximum atomic E-state index is 12.4. The molecule has 28 heavy (non-hydrogen) atoms. The number of hydrogen-bond acceptors (Lipinski definition) is 6. The van der Waals surface area contributed by atoms with Crippen LogP contribution in [0.3, 0.4) is 0 Å². The fraction of sp³-hybridized carbons (Fsp3) is 0.706. The van der Waals surface area contributed by atoms with Crippen LogP contribution in [0.25, 0.3) is 0 Å². The summed E-state index contributed by atoms with van der Waals surface area (Å²) in [5.74, 6) is -4.51. The lowest BCUT2D eigenvalue weighted by molar-refractivity contribution is -0.143. The van der Waals surface area contributed by atoms with E-state index in [9.17, 15) is 24.0 Å². The SMILES string of the molecule is CC(C)C(NC(=O)CNC(=O)C1CCCN1)C(=O)NC(CCC(=O)O)C(=O)O. The zero-order chi connectivity index (χ0) is 21.3. The van der Waals surface area contributed by atoms with E-state index in [-0.39, 0.29) is 30.8 Å². The van der Waals surface area contributed by atoms with Crippen LogP contribution in [0.15, 0.2) is 0 Å². The van der Waals surface area contributed by atoms with Crippen molar-refractivity contribution < 1.29 is 34.2 Å². The van der Waals surface area contributed by atoms with Gasteiger partial charge in [0, 0.05) is 6.42 Å². The van der Waals surface area contributed by atoms with Gasteiger partial charge in [-0.1, -0.05) is 13.8 Å². The highest BCUT2D eigenvalue weighted by Crippen LogP contribution is 2.06. The summed E-state index contributed by atoms with van der Waals surface area (Å²) in [6, 6.07) is -2.74. The molecule has 11 nitrogen and oxygen atoms in total. The maximum absolute atomic E-state index is 12.4. The number of nitrogens with one attached hydrogen (secondary N) is 4. The standard InChI is InChI=1S/C17H28N4O7/c1-9(2)14(16(26)20-11(17(27)28)5-6-13(23)24)21-12(22)8-19-15(25)10-4-3-7-18-10/h9-11,14,18H,3-8H2,1-2H3,(H,19,25)(H,20,26)(H,21,22)(H,23,24)(H,27,28). The topological polar surface area (TPSA) is 174 Å². The smallest absolute Gasteiger partial charge is 0.326 e. The normalized spacial score (nSPS) is 18.2. The molecule has 1 fully saturated rings. The van der Waals surface area contributed by atoms with Crippen molar-refractivity contribution in [3.8, 4) is 0 Å². The summed E-state index contributed by atoms with van der Waals surface area (Å²) in [4.78, 5) is 58.2. The van der Waals surface area contributed by atoms with E-state index in [0.29, 0.717) is 6.42 Å². The first kappa shape index (κ1) is 23.3. The fourth-order valence-corrected chi connectivity index (χ4v) is 2.75. The molecular weight excluding hydrogens is 372 g/mol. The summed E-state index contributed by atoms with van der Waals surface area (Å²) in [6.07, 6.45) is 0.876. The number of carboxylic acids is 2. The number of carboxylic acid groups (broad SMARTS) is 2. The second-order valence-corrected chi connectivity index (χ2v) is 6.99. The lowest BCUT2D eigenvalue weighted by Gasteiger charge is -2.24. The molecule has 0 aromatic carbocycles. The van der Waals surface area contributed by atoms with Gasteiger partial charge in [-0.2, -0.15) is 0 Å². The van der Waals surface area contributed by atoms with Gasteiger partial charge in [0.15, 0.2) is 0 Å². The lowest BCUT2D eigenvalue weighted by Crippen LogP contribution is -2.55. The summed E-state index contributed by atoms with van der Waals surface area (Å²) in [5.41, 5.74) is 0. The van der Waals surface area contributed by atoms with Gasteiger partial charge in [-0.15, -0.1) is 0 Å². The molecule has 3 unspecified atom stereocenters. The van der Waals surface area contributed by atoms with E-state index in [2.05, 4.69) is 21.3 Å². The molecule has 3 amide bonds. The molecule has 6 N–H and O–H groups in total. The molecular formula is C17H28N4O7. The third-order valence-electron chi connectivity index (χ3n) is 4.33. The van der Waals surface area contributed by atoms with Crippen LogP contribution < -0.4 is 21.3 Å². The molecule has 1 aliphatic heterocycles. The third kappa shape index (κ3) is 7.91. The van der Waals surface area contributed by atoms with Gasteiger partial charge in [0.05, 0.1) is 12.6 Å². The minimum atomic E-state index is -1.38. The van der Waals surface area contributed by atoms with Crippen molar-refractivity contribution in [1.82, 2.24) is 21.3 Å². The predicted molar refractivity (Wildman–Crippen MR) is 97.2 cm³/mol. The molecule has 1 heterocycles. The monoisotopic (exact) mass is 400 g/mol. The number of amides is 3. The van der Waals surface area contributed by atoms with Crippen molar-refractivity contribution in [3.05, 3.63) is 0 Å². The zero-order valence-electron chi connectivity index (χ0n) is 16.0. The quantitative estimate of drug-likeness (QED) is 0.241. The van der Waals surface area contributed by atoms with Crippen molar-refractivity contribution in [2.75, 3.05) is 13.1 Å². The predicted octanol–water partition coefficient (Wildman–Crippen LogP) is -1.57. The first-order valence-electron chi connectivity index (χ1n) is 9.17. The molecule has 158 valence electrons. The minimum absolute atomic E-state index is 0.278. The highest BCUT2D eigenvalue weighted by atomic mass is 16.4. The van der Waals surface area contributed by atoms with E-state index in [0.717, 1.165) is 13.0 Å². The number of aliphatic carboxylic acids is 2. The zero-order valence-corrected chi connectivity index (χ0v) is 16.0. The van der Waals surface area contributed by atoms with Gasteiger partial charge in [0.2, 0.25) is 17.7 Å².